The molecule has 0 aliphatic carbocycles. The molecule has 0 radical (unpaired) electrons. The van der Waals surface area contributed by atoms with Crippen molar-refractivity contribution in [3.63, 3.8) is 0 Å². The van der Waals surface area contributed by atoms with Crippen LogP contribution < -0.4 is 0 Å². The molecule has 3 nitrogen and oxygen atoms in total. The van der Waals surface area contributed by atoms with Crippen LogP contribution in [-0.4, -0.2) is 54.3 Å². The van der Waals surface area contributed by atoms with Gasteiger partial charge in [0.25, 0.3) is 0 Å². The van der Waals surface area contributed by atoms with Crippen LogP contribution in [0.15, 0.2) is 0 Å². The zero-order valence-corrected chi connectivity index (χ0v) is 12.0. The number of rotatable bonds is 5. The van der Waals surface area contributed by atoms with E-state index in [-0.39, 0.29) is 11.8 Å². The molecule has 1 fully saturated rings. The van der Waals surface area contributed by atoms with Crippen LogP contribution in [0, 0.1) is 5.92 Å². The molecular formula is C13H25ClN2O. The SMILES string of the molecule is CCCN1CCC(N(C)C(=O)C(C)CCl)CC1. The summed E-state index contributed by atoms with van der Waals surface area (Å²) >= 11 is 5.74. The second kappa shape index (κ2) is 7.22. The summed E-state index contributed by atoms with van der Waals surface area (Å²) < 4.78 is 0. The topological polar surface area (TPSA) is 23.6 Å². The fourth-order valence-electron chi connectivity index (χ4n) is 2.44. The third-order valence-electron chi connectivity index (χ3n) is 3.65. The first-order valence-electron chi connectivity index (χ1n) is 6.65. The van der Waals surface area contributed by atoms with E-state index < -0.39 is 0 Å². The van der Waals surface area contributed by atoms with E-state index in [9.17, 15) is 4.79 Å². The predicted octanol–water partition coefficient (Wildman–Crippen LogP) is 2.19. The lowest BCUT2D eigenvalue weighted by molar-refractivity contribution is -0.136. The van der Waals surface area contributed by atoms with Crippen LogP contribution in [0.1, 0.15) is 33.1 Å². The van der Waals surface area contributed by atoms with E-state index in [4.69, 9.17) is 11.6 Å². The maximum Gasteiger partial charge on any atom is 0.226 e. The van der Waals surface area contributed by atoms with Crippen molar-refractivity contribution in [3.8, 4) is 0 Å². The standard InChI is InChI=1S/C13H25ClN2O/c1-4-7-16-8-5-12(6-9-16)15(3)13(17)11(2)10-14/h11-12H,4-10H2,1-3H3. The Morgan fingerprint density at radius 2 is 2.06 bits per heavy atom. The molecule has 0 aromatic heterocycles. The van der Waals surface area contributed by atoms with Gasteiger partial charge < -0.3 is 9.80 Å². The molecule has 17 heavy (non-hydrogen) atoms. The molecule has 0 aromatic rings. The Balaban J connectivity index is 2.40. The number of carbonyl (C=O) groups excluding carboxylic acids is 1. The summed E-state index contributed by atoms with van der Waals surface area (Å²) in [5, 5.41) is 0. The number of amides is 1. The van der Waals surface area contributed by atoms with Gasteiger partial charge in [-0.05, 0) is 25.8 Å². The van der Waals surface area contributed by atoms with E-state index >= 15 is 0 Å². The van der Waals surface area contributed by atoms with Gasteiger partial charge in [-0.2, -0.15) is 0 Å². The highest BCUT2D eigenvalue weighted by Gasteiger charge is 2.26. The summed E-state index contributed by atoms with van der Waals surface area (Å²) in [7, 11) is 1.92. The van der Waals surface area contributed by atoms with Gasteiger partial charge in [0, 0.05) is 38.0 Å². The Labute approximate surface area is 110 Å². The average molecular weight is 261 g/mol. The van der Waals surface area contributed by atoms with Gasteiger partial charge in [-0.1, -0.05) is 13.8 Å². The summed E-state index contributed by atoms with van der Waals surface area (Å²) in [6.45, 7) is 7.53. The van der Waals surface area contributed by atoms with Gasteiger partial charge in [-0.25, -0.2) is 0 Å². The second-order valence-corrected chi connectivity index (χ2v) is 5.39. The first kappa shape index (κ1) is 14.8. The minimum absolute atomic E-state index is 0.0599. The molecule has 1 aliphatic rings. The van der Waals surface area contributed by atoms with Gasteiger partial charge in [0.05, 0.1) is 0 Å². The van der Waals surface area contributed by atoms with Crippen molar-refractivity contribution < 1.29 is 4.79 Å². The van der Waals surface area contributed by atoms with Crippen LogP contribution in [0.2, 0.25) is 0 Å². The Hall–Kier alpha value is -0.280. The van der Waals surface area contributed by atoms with Crippen molar-refractivity contribution >= 4 is 17.5 Å². The summed E-state index contributed by atoms with van der Waals surface area (Å²) in [6, 6.07) is 0.404. The molecule has 0 aromatic carbocycles. The lowest BCUT2D eigenvalue weighted by atomic mass is 10.0. The number of piperidine rings is 1. The number of likely N-dealkylation sites (tertiary alicyclic amines) is 1. The van der Waals surface area contributed by atoms with Crippen LogP contribution in [0.3, 0.4) is 0 Å². The fourth-order valence-corrected chi connectivity index (χ4v) is 2.57. The average Bonchev–Trinajstić information content (AvgIpc) is 2.37. The second-order valence-electron chi connectivity index (χ2n) is 5.08. The maximum absolute atomic E-state index is 12.0. The van der Waals surface area contributed by atoms with Crippen molar-refractivity contribution in [2.75, 3.05) is 32.6 Å². The highest BCUT2D eigenvalue weighted by Crippen LogP contribution is 2.17. The predicted molar refractivity (Wildman–Crippen MR) is 72.4 cm³/mol. The normalized spacial score (nSPS) is 20.2. The summed E-state index contributed by atoms with van der Waals surface area (Å²) in [6.07, 6.45) is 3.40. The molecule has 0 saturated carbocycles. The van der Waals surface area contributed by atoms with E-state index in [2.05, 4.69) is 11.8 Å². The molecule has 1 aliphatic heterocycles. The molecule has 0 spiro atoms. The molecule has 100 valence electrons. The number of halogens is 1. The quantitative estimate of drug-likeness (QED) is 0.708. The molecule has 1 unspecified atom stereocenters. The van der Waals surface area contributed by atoms with E-state index in [1.165, 1.54) is 13.0 Å². The Bertz CT molecular complexity index is 240. The van der Waals surface area contributed by atoms with Crippen LogP contribution in [0.5, 0.6) is 0 Å². The molecule has 1 rings (SSSR count). The van der Waals surface area contributed by atoms with Crippen molar-refractivity contribution in [1.82, 2.24) is 9.80 Å². The van der Waals surface area contributed by atoms with Gasteiger partial charge >= 0.3 is 0 Å². The maximum atomic E-state index is 12.0. The van der Waals surface area contributed by atoms with Crippen LogP contribution in [0.25, 0.3) is 0 Å². The molecule has 1 atom stereocenters. The van der Waals surface area contributed by atoms with Crippen LogP contribution in [-0.2, 0) is 4.79 Å². The summed E-state index contributed by atoms with van der Waals surface area (Å²) in [4.78, 5) is 16.4. The van der Waals surface area contributed by atoms with Crippen molar-refractivity contribution in [3.05, 3.63) is 0 Å². The Morgan fingerprint density at radius 1 is 1.47 bits per heavy atom. The molecule has 4 heteroatoms. The van der Waals surface area contributed by atoms with Crippen molar-refractivity contribution in [1.29, 1.82) is 0 Å². The summed E-state index contributed by atoms with van der Waals surface area (Å²) in [5.41, 5.74) is 0. The minimum atomic E-state index is -0.0599. The van der Waals surface area contributed by atoms with Crippen molar-refractivity contribution in [2.45, 2.75) is 39.2 Å². The first-order chi connectivity index (χ1) is 8.10. The minimum Gasteiger partial charge on any atom is -0.342 e. The van der Waals surface area contributed by atoms with Crippen molar-refractivity contribution in [2.24, 2.45) is 5.92 Å². The van der Waals surface area contributed by atoms with E-state index in [0.717, 1.165) is 25.9 Å². The van der Waals surface area contributed by atoms with Gasteiger partial charge in [-0.15, -0.1) is 11.6 Å². The molecular weight excluding hydrogens is 236 g/mol. The zero-order valence-electron chi connectivity index (χ0n) is 11.3. The number of nitrogens with zero attached hydrogens (tertiary/aromatic N) is 2. The van der Waals surface area contributed by atoms with Gasteiger partial charge in [-0.3, -0.25) is 4.79 Å². The molecule has 1 saturated heterocycles. The smallest absolute Gasteiger partial charge is 0.226 e. The zero-order chi connectivity index (χ0) is 12.8. The highest BCUT2D eigenvalue weighted by molar-refractivity contribution is 6.19. The Kier molecular flexibility index (Phi) is 6.28. The van der Waals surface area contributed by atoms with Gasteiger partial charge in [0.1, 0.15) is 0 Å². The highest BCUT2D eigenvalue weighted by atomic mass is 35.5. The van der Waals surface area contributed by atoms with Crippen LogP contribution >= 0.6 is 11.6 Å². The lowest BCUT2D eigenvalue weighted by Crippen LogP contribution is -2.47. The number of alkyl halides is 1. The molecule has 1 heterocycles. The number of hydrogen-bond acceptors (Lipinski definition) is 2. The van der Waals surface area contributed by atoms with Gasteiger partial charge in [0.2, 0.25) is 5.91 Å². The fraction of sp³-hybridized carbons (Fsp3) is 0.923. The summed E-state index contributed by atoms with van der Waals surface area (Å²) in [5.74, 6) is 0.543. The molecule has 1 amide bonds. The van der Waals surface area contributed by atoms with Crippen LogP contribution in [0.4, 0.5) is 0 Å². The molecule has 0 N–H and O–H groups in total. The van der Waals surface area contributed by atoms with E-state index in [1.807, 2.05) is 18.9 Å². The number of hydrogen-bond donors (Lipinski definition) is 0. The molecule has 0 bridgehead atoms. The Morgan fingerprint density at radius 3 is 2.53 bits per heavy atom. The van der Waals surface area contributed by atoms with E-state index in [0.29, 0.717) is 11.9 Å². The largest absolute Gasteiger partial charge is 0.342 e. The lowest BCUT2D eigenvalue weighted by Gasteiger charge is -2.37. The van der Waals surface area contributed by atoms with Gasteiger partial charge in [0.15, 0.2) is 0 Å². The third-order valence-corrected chi connectivity index (χ3v) is 4.11. The number of carbonyl (C=O) groups is 1. The monoisotopic (exact) mass is 260 g/mol. The van der Waals surface area contributed by atoms with E-state index in [1.54, 1.807) is 0 Å². The third kappa shape index (κ3) is 4.14. The first-order valence-corrected chi connectivity index (χ1v) is 7.18.